The van der Waals surface area contributed by atoms with Crippen molar-refractivity contribution in [2.75, 3.05) is 0 Å². The fourth-order valence-corrected chi connectivity index (χ4v) is 1.96. The van der Waals surface area contributed by atoms with Crippen LogP contribution in [0.15, 0.2) is 55.1 Å². The SMILES string of the molecule is C=CCc1ccc(-c2cccc(B(O)O)c2F)cc1. The van der Waals surface area contributed by atoms with Crippen molar-refractivity contribution in [3.63, 3.8) is 0 Å². The Balaban J connectivity index is 2.41. The molecule has 96 valence electrons. The van der Waals surface area contributed by atoms with Gasteiger partial charge in [-0.05, 0) is 17.5 Å². The van der Waals surface area contributed by atoms with Crippen molar-refractivity contribution in [3.8, 4) is 11.1 Å². The molecule has 0 aliphatic heterocycles. The van der Waals surface area contributed by atoms with Gasteiger partial charge in [0.25, 0.3) is 0 Å². The molecule has 0 bridgehead atoms. The molecule has 0 amide bonds. The van der Waals surface area contributed by atoms with Crippen LogP contribution in [-0.4, -0.2) is 17.2 Å². The molecule has 4 heteroatoms. The Morgan fingerprint density at radius 1 is 1.11 bits per heavy atom. The summed E-state index contributed by atoms with van der Waals surface area (Å²) in [6.07, 6.45) is 2.57. The first-order chi connectivity index (χ1) is 9.13. The Bertz CT molecular complexity index is 579. The predicted octanol–water partition coefficient (Wildman–Crippen LogP) is 1.90. The molecule has 0 fully saturated rings. The molecule has 0 aliphatic carbocycles. The van der Waals surface area contributed by atoms with Crippen molar-refractivity contribution >= 4 is 12.6 Å². The molecule has 0 heterocycles. The summed E-state index contributed by atoms with van der Waals surface area (Å²) < 4.78 is 14.1. The molecule has 2 rings (SSSR count). The van der Waals surface area contributed by atoms with E-state index < -0.39 is 12.9 Å². The van der Waals surface area contributed by atoms with E-state index in [2.05, 4.69) is 6.58 Å². The van der Waals surface area contributed by atoms with Crippen LogP contribution >= 0.6 is 0 Å². The van der Waals surface area contributed by atoms with Crippen LogP contribution in [-0.2, 0) is 6.42 Å². The van der Waals surface area contributed by atoms with Crippen LogP contribution in [0.4, 0.5) is 4.39 Å². The largest absolute Gasteiger partial charge is 0.491 e. The quantitative estimate of drug-likeness (QED) is 0.648. The van der Waals surface area contributed by atoms with Crippen molar-refractivity contribution in [2.45, 2.75) is 6.42 Å². The molecule has 0 aromatic heterocycles. The van der Waals surface area contributed by atoms with Crippen LogP contribution in [0.1, 0.15) is 5.56 Å². The second-order valence-corrected chi connectivity index (χ2v) is 4.27. The highest BCUT2D eigenvalue weighted by Crippen LogP contribution is 2.22. The van der Waals surface area contributed by atoms with E-state index in [0.29, 0.717) is 11.1 Å². The lowest BCUT2D eigenvalue weighted by Crippen LogP contribution is -2.32. The summed E-state index contributed by atoms with van der Waals surface area (Å²) in [6, 6.07) is 12.0. The van der Waals surface area contributed by atoms with Gasteiger partial charge in [-0.1, -0.05) is 48.5 Å². The van der Waals surface area contributed by atoms with Gasteiger partial charge in [0.15, 0.2) is 0 Å². The molecule has 0 unspecified atom stereocenters. The standard InChI is InChI=1S/C15H14BFO2/c1-2-4-11-7-9-12(10-8-11)13-5-3-6-14(15(13)17)16(18)19/h2-3,5-10,18-19H,1,4H2. The fraction of sp³-hybridized carbons (Fsp3) is 0.0667. The monoisotopic (exact) mass is 256 g/mol. The number of rotatable bonds is 4. The van der Waals surface area contributed by atoms with Gasteiger partial charge < -0.3 is 10.0 Å². The van der Waals surface area contributed by atoms with E-state index in [4.69, 9.17) is 10.0 Å². The van der Waals surface area contributed by atoms with E-state index in [-0.39, 0.29) is 5.46 Å². The fourth-order valence-electron chi connectivity index (χ4n) is 1.96. The highest BCUT2D eigenvalue weighted by Gasteiger charge is 2.19. The Morgan fingerprint density at radius 2 is 1.79 bits per heavy atom. The van der Waals surface area contributed by atoms with Crippen LogP contribution < -0.4 is 5.46 Å². The molecule has 0 radical (unpaired) electrons. The Morgan fingerprint density at radius 3 is 2.37 bits per heavy atom. The van der Waals surface area contributed by atoms with E-state index in [0.717, 1.165) is 12.0 Å². The molecule has 0 saturated heterocycles. The summed E-state index contributed by atoms with van der Waals surface area (Å²) in [6.45, 7) is 3.67. The summed E-state index contributed by atoms with van der Waals surface area (Å²) in [5, 5.41) is 18.2. The Hall–Kier alpha value is -1.91. The molecule has 2 N–H and O–H groups in total. The molecular weight excluding hydrogens is 242 g/mol. The summed E-state index contributed by atoms with van der Waals surface area (Å²) in [5.41, 5.74) is 2.04. The van der Waals surface area contributed by atoms with Crippen molar-refractivity contribution in [2.24, 2.45) is 0 Å². The summed E-state index contributed by atoms with van der Waals surface area (Å²) in [7, 11) is -1.81. The van der Waals surface area contributed by atoms with Gasteiger partial charge in [0.05, 0.1) is 0 Å². The first kappa shape index (κ1) is 13.5. The third kappa shape index (κ3) is 2.92. The Labute approximate surface area is 112 Å². The summed E-state index contributed by atoms with van der Waals surface area (Å²) in [5.74, 6) is -0.603. The minimum absolute atomic E-state index is 0.118. The van der Waals surface area contributed by atoms with Crippen molar-refractivity contribution in [3.05, 3.63) is 66.5 Å². The van der Waals surface area contributed by atoms with Gasteiger partial charge in [0.2, 0.25) is 0 Å². The molecule has 2 aromatic carbocycles. The van der Waals surface area contributed by atoms with E-state index in [1.807, 2.05) is 24.3 Å². The molecule has 0 atom stereocenters. The maximum Gasteiger partial charge on any atom is 0.491 e. The lowest BCUT2D eigenvalue weighted by atomic mass is 9.78. The second-order valence-electron chi connectivity index (χ2n) is 4.27. The summed E-state index contributed by atoms with van der Waals surface area (Å²) in [4.78, 5) is 0. The zero-order chi connectivity index (χ0) is 13.8. The Kier molecular flexibility index (Phi) is 4.15. The molecule has 0 saturated carbocycles. The molecule has 2 nitrogen and oxygen atoms in total. The molecule has 0 aliphatic rings. The van der Waals surface area contributed by atoms with Crippen molar-refractivity contribution < 1.29 is 14.4 Å². The van der Waals surface area contributed by atoms with Crippen LogP contribution in [0, 0.1) is 5.82 Å². The van der Waals surface area contributed by atoms with E-state index in [9.17, 15) is 4.39 Å². The highest BCUT2D eigenvalue weighted by atomic mass is 19.1. The average molecular weight is 256 g/mol. The molecule has 2 aromatic rings. The summed E-state index contributed by atoms with van der Waals surface area (Å²) >= 11 is 0. The zero-order valence-electron chi connectivity index (χ0n) is 10.4. The smallest absolute Gasteiger partial charge is 0.423 e. The first-order valence-electron chi connectivity index (χ1n) is 5.98. The van der Waals surface area contributed by atoms with Gasteiger partial charge in [-0.3, -0.25) is 0 Å². The van der Waals surface area contributed by atoms with Crippen molar-refractivity contribution in [1.29, 1.82) is 0 Å². The van der Waals surface area contributed by atoms with Crippen LogP contribution in [0.3, 0.4) is 0 Å². The van der Waals surface area contributed by atoms with Crippen LogP contribution in [0.25, 0.3) is 11.1 Å². The van der Waals surface area contributed by atoms with Gasteiger partial charge in [-0.15, -0.1) is 6.58 Å². The number of halogens is 1. The topological polar surface area (TPSA) is 40.5 Å². The third-order valence-corrected chi connectivity index (χ3v) is 2.95. The predicted molar refractivity (Wildman–Crippen MR) is 75.6 cm³/mol. The van der Waals surface area contributed by atoms with Gasteiger partial charge in [0, 0.05) is 11.0 Å². The minimum atomic E-state index is -1.81. The molecular formula is C15H14BFO2. The maximum absolute atomic E-state index is 14.1. The molecule has 0 spiro atoms. The van der Waals surface area contributed by atoms with Gasteiger partial charge in [0.1, 0.15) is 5.82 Å². The first-order valence-corrected chi connectivity index (χ1v) is 5.98. The lowest BCUT2D eigenvalue weighted by molar-refractivity contribution is 0.423. The number of hydrogen-bond acceptors (Lipinski definition) is 2. The number of hydrogen-bond donors (Lipinski definition) is 2. The van der Waals surface area contributed by atoms with Crippen LogP contribution in [0.2, 0.25) is 0 Å². The van der Waals surface area contributed by atoms with Gasteiger partial charge >= 0.3 is 7.12 Å². The number of allylic oxidation sites excluding steroid dienone is 1. The van der Waals surface area contributed by atoms with E-state index in [1.54, 1.807) is 18.2 Å². The minimum Gasteiger partial charge on any atom is -0.423 e. The third-order valence-electron chi connectivity index (χ3n) is 2.95. The average Bonchev–Trinajstić information content (AvgIpc) is 2.40. The maximum atomic E-state index is 14.1. The van der Waals surface area contributed by atoms with Gasteiger partial charge in [-0.25, -0.2) is 4.39 Å². The number of benzene rings is 2. The normalized spacial score (nSPS) is 10.3. The van der Waals surface area contributed by atoms with E-state index >= 15 is 0 Å². The van der Waals surface area contributed by atoms with Crippen LogP contribution in [0.5, 0.6) is 0 Å². The second kappa shape index (κ2) is 5.82. The van der Waals surface area contributed by atoms with Gasteiger partial charge in [-0.2, -0.15) is 0 Å². The highest BCUT2D eigenvalue weighted by molar-refractivity contribution is 6.58. The van der Waals surface area contributed by atoms with E-state index in [1.165, 1.54) is 6.07 Å². The lowest BCUT2D eigenvalue weighted by Gasteiger charge is -2.08. The van der Waals surface area contributed by atoms with Crippen molar-refractivity contribution in [1.82, 2.24) is 0 Å². The zero-order valence-corrected chi connectivity index (χ0v) is 10.4. The molecule has 19 heavy (non-hydrogen) atoms.